The highest BCUT2D eigenvalue weighted by atomic mass is 16.3. The van der Waals surface area contributed by atoms with E-state index in [1.165, 1.54) is 0 Å². The van der Waals surface area contributed by atoms with Gasteiger partial charge in [-0.3, -0.25) is 4.79 Å². The summed E-state index contributed by atoms with van der Waals surface area (Å²) >= 11 is 0. The SMILES string of the molecule is Cc1ccc(-c2c(O)[c+](-c3ccc(C)cc3)c2=O)cc1. The molecule has 0 spiro atoms. The molecule has 3 rings (SSSR count). The Morgan fingerprint density at radius 1 is 0.850 bits per heavy atom. The Morgan fingerprint density at radius 3 is 1.85 bits per heavy atom. The first-order chi connectivity index (χ1) is 9.58. The van der Waals surface area contributed by atoms with Gasteiger partial charge in [-0.1, -0.05) is 17.7 Å². The van der Waals surface area contributed by atoms with Crippen molar-refractivity contribution < 1.29 is 5.11 Å². The Labute approximate surface area is 117 Å². The van der Waals surface area contributed by atoms with E-state index >= 15 is 0 Å². The van der Waals surface area contributed by atoms with Gasteiger partial charge in [0.1, 0.15) is 5.56 Å². The molecule has 0 saturated carbocycles. The van der Waals surface area contributed by atoms with Crippen LogP contribution < -0.4 is 5.43 Å². The van der Waals surface area contributed by atoms with Gasteiger partial charge in [0.05, 0.1) is 5.56 Å². The molecule has 0 radical (unpaired) electrons. The quantitative estimate of drug-likeness (QED) is 0.713. The van der Waals surface area contributed by atoms with Crippen LogP contribution in [0.2, 0.25) is 0 Å². The highest BCUT2D eigenvalue weighted by Gasteiger charge is 2.30. The third-order valence-corrected chi connectivity index (χ3v) is 3.61. The molecule has 3 aromatic carbocycles. The molecular formula is C18H15O2+. The molecule has 0 fully saturated rings. The van der Waals surface area contributed by atoms with Crippen molar-refractivity contribution in [2.45, 2.75) is 13.8 Å². The predicted molar refractivity (Wildman–Crippen MR) is 81.5 cm³/mol. The molecule has 0 aliphatic carbocycles. The number of hydrogen-bond acceptors (Lipinski definition) is 2. The summed E-state index contributed by atoms with van der Waals surface area (Å²) in [5.41, 5.74) is 4.55. The van der Waals surface area contributed by atoms with Crippen LogP contribution >= 0.6 is 0 Å². The smallest absolute Gasteiger partial charge is 0.267 e. The van der Waals surface area contributed by atoms with Crippen molar-refractivity contribution in [3.63, 3.8) is 0 Å². The fourth-order valence-electron chi connectivity index (χ4n) is 2.38. The van der Waals surface area contributed by atoms with Gasteiger partial charge in [0.2, 0.25) is 5.75 Å². The second-order valence-electron chi connectivity index (χ2n) is 5.16. The summed E-state index contributed by atoms with van der Waals surface area (Å²) in [6.07, 6.45) is 0. The van der Waals surface area contributed by atoms with E-state index in [0.29, 0.717) is 11.1 Å². The molecule has 0 heterocycles. The Morgan fingerprint density at radius 2 is 1.35 bits per heavy atom. The molecule has 0 aromatic heterocycles. The van der Waals surface area contributed by atoms with E-state index in [1.54, 1.807) is 0 Å². The minimum Gasteiger partial charge on any atom is -0.494 e. The molecule has 0 aliphatic rings. The van der Waals surface area contributed by atoms with Crippen LogP contribution in [0.3, 0.4) is 0 Å². The van der Waals surface area contributed by atoms with Crippen molar-refractivity contribution in [1.29, 1.82) is 0 Å². The number of hydrogen-bond donors (Lipinski definition) is 1. The lowest BCUT2D eigenvalue weighted by atomic mass is 9.90. The molecule has 0 aliphatic heterocycles. The molecule has 0 bridgehead atoms. The highest BCUT2D eigenvalue weighted by Crippen LogP contribution is 2.39. The number of benzene rings is 2. The lowest BCUT2D eigenvalue weighted by Crippen LogP contribution is -2.14. The third kappa shape index (κ3) is 1.90. The van der Waals surface area contributed by atoms with Crippen LogP contribution in [0.5, 0.6) is 5.75 Å². The monoisotopic (exact) mass is 263 g/mol. The lowest BCUT2D eigenvalue weighted by molar-refractivity contribution is 0.474. The first-order valence-electron chi connectivity index (χ1n) is 6.57. The normalized spacial score (nSPS) is 10.9. The zero-order valence-corrected chi connectivity index (χ0v) is 11.5. The van der Waals surface area contributed by atoms with Crippen LogP contribution in [-0.4, -0.2) is 5.11 Å². The first-order valence-corrected chi connectivity index (χ1v) is 6.57. The van der Waals surface area contributed by atoms with E-state index < -0.39 is 0 Å². The summed E-state index contributed by atoms with van der Waals surface area (Å²) in [7, 11) is 0. The predicted octanol–water partition coefficient (Wildman–Crippen LogP) is 3.86. The number of aromatic hydroxyl groups is 1. The second-order valence-corrected chi connectivity index (χ2v) is 5.16. The van der Waals surface area contributed by atoms with Gasteiger partial charge in [-0.2, -0.15) is 0 Å². The standard InChI is InChI=1S/C18H14O2/c1-11-3-7-13(8-4-11)15-17(19)16(18(15)20)14-9-5-12(2)6-10-14/h3-10H,1-2H3/p+1. The maximum atomic E-state index is 12.3. The van der Waals surface area contributed by atoms with Gasteiger partial charge in [-0.05, 0) is 43.7 Å². The summed E-state index contributed by atoms with van der Waals surface area (Å²) in [6, 6.07) is 15.2. The lowest BCUT2D eigenvalue weighted by Gasteiger charge is -2.09. The third-order valence-electron chi connectivity index (χ3n) is 3.61. The van der Waals surface area contributed by atoms with Crippen LogP contribution in [0.15, 0.2) is 53.3 Å². The van der Waals surface area contributed by atoms with Gasteiger partial charge >= 0.3 is 0 Å². The summed E-state index contributed by atoms with van der Waals surface area (Å²) in [6.45, 7) is 3.98. The van der Waals surface area contributed by atoms with Gasteiger partial charge in [0.25, 0.3) is 5.43 Å². The summed E-state index contributed by atoms with van der Waals surface area (Å²) in [5, 5.41) is 10.2. The van der Waals surface area contributed by atoms with Crippen molar-refractivity contribution in [2.75, 3.05) is 0 Å². The second kappa shape index (κ2) is 4.57. The van der Waals surface area contributed by atoms with Crippen LogP contribution in [0, 0.1) is 13.8 Å². The fourth-order valence-corrected chi connectivity index (χ4v) is 2.38. The first kappa shape index (κ1) is 12.5. The molecule has 1 N–H and O–H groups in total. The van der Waals surface area contributed by atoms with E-state index in [1.807, 2.05) is 62.4 Å². The number of aryl methyl sites for hydroxylation is 2. The van der Waals surface area contributed by atoms with Crippen molar-refractivity contribution >= 4 is 0 Å². The summed E-state index contributed by atoms with van der Waals surface area (Å²) in [5.74, 6) is 0.0997. The average molecular weight is 263 g/mol. The molecule has 20 heavy (non-hydrogen) atoms. The molecule has 0 amide bonds. The Bertz CT molecular complexity index is 713. The van der Waals surface area contributed by atoms with Gasteiger partial charge in [0.15, 0.2) is 5.56 Å². The molecular weight excluding hydrogens is 248 g/mol. The van der Waals surface area contributed by atoms with Gasteiger partial charge in [-0.25, -0.2) is 0 Å². The molecule has 3 aromatic rings. The summed E-state index contributed by atoms with van der Waals surface area (Å²) < 4.78 is 0. The minimum atomic E-state index is -0.0878. The topological polar surface area (TPSA) is 37.3 Å². The Balaban J connectivity index is 2.06. The molecule has 98 valence electrons. The van der Waals surface area contributed by atoms with Crippen molar-refractivity contribution in [3.05, 3.63) is 69.9 Å². The maximum Gasteiger partial charge on any atom is 0.267 e. The van der Waals surface area contributed by atoms with Crippen LogP contribution in [0.4, 0.5) is 0 Å². The van der Waals surface area contributed by atoms with E-state index in [-0.39, 0.29) is 11.2 Å². The van der Waals surface area contributed by atoms with Crippen molar-refractivity contribution in [1.82, 2.24) is 0 Å². The Kier molecular flexibility index (Phi) is 2.87. The van der Waals surface area contributed by atoms with Crippen LogP contribution in [0.1, 0.15) is 11.1 Å². The van der Waals surface area contributed by atoms with Gasteiger partial charge < -0.3 is 5.11 Å². The average Bonchev–Trinajstić information content (AvgIpc) is 2.44. The molecule has 2 nitrogen and oxygen atoms in total. The van der Waals surface area contributed by atoms with Crippen molar-refractivity contribution in [2.24, 2.45) is 0 Å². The summed E-state index contributed by atoms with van der Waals surface area (Å²) in [4.78, 5) is 12.3. The van der Waals surface area contributed by atoms with Crippen LogP contribution in [0.25, 0.3) is 22.3 Å². The zero-order valence-electron chi connectivity index (χ0n) is 11.5. The van der Waals surface area contributed by atoms with E-state index in [2.05, 4.69) is 0 Å². The van der Waals surface area contributed by atoms with Gasteiger partial charge in [0, 0.05) is 17.7 Å². The molecule has 2 heteroatoms. The molecule has 0 atom stereocenters. The fraction of sp³-hybridized carbons (Fsp3) is 0.111. The van der Waals surface area contributed by atoms with E-state index in [4.69, 9.17) is 0 Å². The Hall–Kier alpha value is -2.48. The minimum absolute atomic E-state index is 0.0878. The number of rotatable bonds is 2. The maximum absolute atomic E-state index is 12.3. The highest BCUT2D eigenvalue weighted by molar-refractivity contribution is 5.89. The van der Waals surface area contributed by atoms with Crippen molar-refractivity contribution in [3.8, 4) is 28.0 Å². The van der Waals surface area contributed by atoms with E-state index in [0.717, 1.165) is 22.3 Å². The molecule has 0 unspecified atom stereocenters. The van der Waals surface area contributed by atoms with Gasteiger partial charge in [-0.15, -0.1) is 0 Å². The van der Waals surface area contributed by atoms with Crippen LogP contribution in [-0.2, 0) is 0 Å². The largest absolute Gasteiger partial charge is 0.494 e. The zero-order chi connectivity index (χ0) is 14.3. The molecule has 0 saturated heterocycles. The van der Waals surface area contributed by atoms with E-state index in [9.17, 15) is 9.90 Å².